The lowest BCUT2D eigenvalue weighted by Gasteiger charge is -2.18. The summed E-state index contributed by atoms with van der Waals surface area (Å²) in [5.74, 6) is 0.781. The molecule has 0 fully saturated rings. The van der Waals surface area contributed by atoms with E-state index in [9.17, 15) is 4.79 Å². The fraction of sp³-hybridized carbons (Fsp3) is 0.562. The van der Waals surface area contributed by atoms with E-state index in [-0.39, 0.29) is 11.9 Å². The minimum absolute atomic E-state index is 0.0109. The lowest BCUT2D eigenvalue weighted by atomic mass is 10.2. The number of benzene rings is 1. The molecule has 2 N–H and O–H groups in total. The molecule has 0 radical (unpaired) electrons. The summed E-state index contributed by atoms with van der Waals surface area (Å²) >= 11 is 0. The number of anilines is 1. The minimum Gasteiger partial charge on any atom is -0.497 e. The summed E-state index contributed by atoms with van der Waals surface area (Å²) < 4.78 is 10.4. The molecule has 0 aliphatic carbocycles. The first kappa shape index (κ1) is 17.3. The van der Waals surface area contributed by atoms with E-state index in [4.69, 9.17) is 9.47 Å². The van der Waals surface area contributed by atoms with E-state index in [1.165, 1.54) is 0 Å². The van der Waals surface area contributed by atoms with Gasteiger partial charge < -0.3 is 20.1 Å². The number of rotatable bonds is 10. The molecule has 0 aliphatic rings. The standard InChI is InChI=1S/C16H26N2O3/c1-4-15(16(19)17-10-7-11-21-5-2)18-13-8-6-9-14(12-13)20-3/h6,8-9,12,15,18H,4-5,7,10-11H2,1-3H3,(H,17,19)/t15-/m0/s1. The maximum Gasteiger partial charge on any atom is 0.242 e. The first-order chi connectivity index (χ1) is 10.2. The van der Waals surface area contributed by atoms with Crippen molar-refractivity contribution in [2.24, 2.45) is 0 Å². The zero-order valence-electron chi connectivity index (χ0n) is 13.1. The molecule has 21 heavy (non-hydrogen) atoms. The highest BCUT2D eigenvalue weighted by Crippen LogP contribution is 2.18. The molecule has 0 saturated heterocycles. The molecule has 0 spiro atoms. The Bertz CT molecular complexity index is 424. The zero-order chi connectivity index (χ0) is 15.5. The van der Waals surface area contributed by atoms with Crippen LogP contribution >= 0.6 is 0 Å². The van der Waals surface area contributed by atoms with Gasteiger partial charge in [-0.25, -0.2) is 0 Å². The van der Waals surface area contributed by atoms with Crippen molar-refractivity contribution >= 4 is 11.6 Å². The summed E-state index contributed by atoms with van der Waals surface area (Å²) in [5.41, 5.74) is 0.880. The van der Waals surface area contributed by atoms with Crippen molar-refractivity contribution in [3.8, 4) is 5.75 Å². The third kappa shape index (κ3) is 6.49. The monoisotopic (exact) mass is 294 g/mol. The van der Waals surface area contributed by atoms with Crippen LogP contribution in [0.5, 0.6) is 5.75 Å². The van der Waals surface area contributed by atoms with Crippen LogP contribution in [0.2, 0.25) is 0 Å². The van der Waals surface area contributed by atoms with Crippen molar-refractivity contribution in [2.75, 3.05) is 32.2 Å². The molecule has 0 aliphatic heterocycles. The Labute approximate surface area is 127 Å². The largest absolute Gasteiger partial charge is 0.497 e. The highest BCUT2D eigenvalue weighted by molar-refractivity contribution is 5.84. The molecular weight excluding hydrogens is 268 g/mol. The Hall–Kier alpha value is -1.75. The van der Waals surface area contributed by atoms with Gasteiger partial charge in [0, 0.05) is 31.5 Å². The van der Waals surface area contributed by atoms with Crippen LogP contribution in [0.3, 0.4) is 0 Å². The Morgan fingerprint density at radius 2 is 2.14 bits per heavy atom. The second-order valence-corrected chi connectivity index (χ2v) is 4.68. The van der Waals surface area contributed by atoms with Crippen LogP contribution in [0.4, 0.5) is 5.69 Å². The fourth-order valence-electron chi connectivity index (χ4n) is 1.92. The Balaban J connectivity index is 2.43. The van der Waals surface area contributed by atoms with Gasteiger partial charge in [-0.15, -0.1) is 0 Å². The van der Waals surface area contributed by atoms with Crippen LogP contribution in [0, 0.1) is 0 Å². The van der Waals surface area contributed by atoms with Crippen LogP contribution in [-0.4, -0.2) is 38.8 Å². The molecule has 1 amide bonds. The lowest BCUT2D eigenvalue weighted by molar-refractivity contribution is -0.121. The molecule has 0 heterocycles. The van der Waals surface area contributed by atoms with Gasteiger partial charge in [-0.05, 0) is 31.9 Å². The van der Waals surface area contributed by atoms with E-state index >= 15 is 0 Å². The first-order valence-corrected chi connectivity index (χ1v) is 7.47. The molecular formula is C16H26N2O3. The van der Waals surface area contributed by atoms with Crippen molar-refractivity contribution in [1.82, 2.24) is 5.32 Å². The Morgan fingerprint density at radius 1 is 1.33 bits per heavy atom. The van der Waals surface area contributed by atoms with Gasteiger partial charge in [0.2, 0.25) is 5.91 Å². The number of amides is 1. The highest BCUT2D eigenvalue weighted by atomic mass is 16.5. The van der Waals surface area contributed by atoms with Crippen molar-refractivity contribution < 1.29 is 14.3 Å². The van der Waals surface area contributed by atoms with Crippen LogP contribution in [0.15, 0.2) is 24.3 Å². The predicted molar refractivity (Wildman–Crippen MR) is 84.8 cm³/mol. The third-order valence-electron chi connectivity index (χ3n) is 3.10. The molecule has 1 aromatic carbocycles. The van der Waals surface area contributed by atoms with Crippen LogP contribution in [-0.2, 0) is 9.53 Å². The van der Waals surface area contributed by atoms with E-state index in [1.807, 2.05) is 38.1 Å². The maximum atomic E-state index is 12.1. The smallest absolute Gasteiger partial charge is 0.242 e. The van der Waals surface area contributed by atoms with Gasteiger partial charge in [0.15, 0.2) is 0 Å². The summed E-state index contributed by atoms with van der Waals surface area (Å²) in [6, 6.07) is 7.33. The van der Waals surface area contributed by atoms with Gasteiger partial charge in [0.05, 0.1) is 7.11 Å². The van der Waals surface area contributed by atoms with Gasteiger partial charge in [0.25, 0.3) is 0 Å². The average molecular weight is 294 g/mol. The van der Waals surface area contributed by atoms with E-state index in [0.29, 0.717) is 26.2 Å². The Kier molecular flexibility index (Phi) is 8.28. The first-order valence-electron chi connectivity index (χ1n) is 7.47. The van der Waals surface area contributed by atoms with E-state index < -0.39 is 0 Å². The van der Waals surface area contributed by atoms with Gasteiger partial charge in [-0.2, -0.15) is 0 Å². The number of carbonyl (C=O) groups excluding carboxylic acids is 1. The maximum absolute atomic E-state index is 12.1. The zero-order valence-corrected chi connectivity index (χ0v) is 13.1. The summed E-state index contributed by atoms with van der Waals surface area (Å²) in [5, 5.41) is 6.16. The van der Waals surface area contributed by atoms with Crippen LogP contribution < -0.4 is 15.4 Å². The quantitative estimate of drug-likeness (QED) is 0.651. The van der Waals surface area contributed by atoms with E-state index in [0.717, 1.165) is 17.9 Å². The molecule has 1 rings (SSSR count). The van der Waals surface area contributed by atoms with Crippen molar-refractivity contribution in [3.05, 3.63) is 24.3 Å². The SMILES string of the molecule is CCOCCCNC(=O)[C@H](CC)Nc1cccc(OC)c1. The topological polar surface area (TPSA) is 59.6 Å². The second-order valence-electron chi connectivity index (χ2n) is 4.68. The van der Waals surface area contributed by atoms with Crippen LogP contribution in [0.25, 0.3) is 0 Å². The molecule has 0 saturated carbocycles. The number of hydrogen-bond acceptors (Lipinski definition) is 4. The fourth-order valence-corrected chi connectivity index (χ4v) is 1.92. The molecule has 0 unspecified atom stereocenters. The van der Waals surface area contributed by atoms with E-state index in [1.54, 1.807) is 7.11 Å². The van der Waals surface area contributed by atoms with Crippen molar-refractivity contribution in [3.63, 3.8) is 0 Å². The van der Waals surface area contributed by atoms with Gasteiger partial charge in [0.1, 0.15) is 11.8 Å². The average Bonchev–Trinajstić information content (AvgIpc) is 2.52. The number of hydrogen-bond donors (Lipinski definition) is 2. The molecule has 5 nitrogen and oxygen atoms in total. The summed E-state index contributed by atoms with van der Waals surface area (Å²) in [7, 11) is 1.63. The number of methoxy groups -OCH3 is 1. The Morgan fingerprint density at radius 3 is 2.81 bits per heavy atom. The van der Waals surface area contributed by atoms with Gasteiger partial charge in [-0.1, -0.05) is 13.0 Å². The predicted octanol–water partition coefficient (Wildman–Crippen LogP) is 2.43. The normalized spacial score (nSPS) is 11.8. The van der Waals surface area contributed by atoms with Gasteiger partial charge in [-0.3, -0.25) is 4.79 Å². The van der Waals surface area contributed by atoms with Gasteiger partial charge >= 0.3 is 0 Å². The molecule has 0 bridgehead atoms. The summed E-state index contributed by atoms with van der Waals surface area (Å²) in [6.07, 6.45) is 1.55. The number of ether oxygens (including phenoxy) is 2. The highest BCUT2D eigenvalue weighted by Gasteiger charge is 2.15. The number of carbonyl (C=O) groups is 1. The molecule has 0 aromatic heterocycles. The van der Waals surface area contributed by atoms with Crippen molar-refractivity contribution in [2.45, 2.75) is 32.7 Å². The summed E-state index contributed by atoms with van der Waals surface area (Å²) in [4.78, 5) is 12.1. The minimum atomic E-state index is -0.246. The van der Waals surface area contributed by atoms with Crippen LogP contribution in [0.1, 0.15) is 26.7 Å². The number of nitrogens with one attached hydrogen (secondary N) is 2. The van der Waals surface area contributed by atoms with E-state index in [2.05, 4.69) is 10.6 Å². The van der Waals surface area contributed by atoms with Crippen molar-refractivity contribution in [1.29, 1.82) is 0 Å². The molecule has 5 heteroatoms. The lowest BCUT2D eigenvalue weighted by Crippen LogP contribution is -2.39. The third-order valence-corrected chi connectivity index (χ3v) is 3.10. The summed E-state index contributed by atoms with van der Waals surface area (Å²) in [6.45, 7) is 5.97. The molecule has 118 valence electrons. The molecule has 1 atom stereocenters. The molecule has 1 aromatic rings. The second kappa shape index (κ2) is 10.0.